The number of para-hydroxylation sites is 1. The molecule has 5 heteroatoms. The van der Waals surface area contributed by atoms with E-state index in [0.29, 0.717) is 0 Å². The molecule has 0 radical (unpaired) electrons. The van der Waals surface area contributed by atoms with Gasteiger partial charge in [-0.1, -0.05) is 75.4 Å². The Kier molecular flexibility index (Phi) is 6.22. The molecule has 0 unspecified atom stereocenters. The van der Waals surface area contributed by atoms with E-state index in [-0.39, 0.29) is 12.1 Å². The Balaban J connectivity index is 1.37. The average Bonchev–Trinajstić information content (AvgIpc) is 3.67. The smallest absolute Gasteiger partial charge is 0.277 e. The van der Waals surface area contributed by atoms with Crippen LogP contribution in [0.5, 0.6) is 0 Å². The van der Waals surface area contributed by atoms with Crippen LogP contribution in [0, 0.1) is 0 Å². The Hall–Kier alpha value is -3.80. The SMILES string of the molecule is CC(C)(C)c1cc2c3c(c1)N(c1cccc4ccccc14)c1c(sc4c1CCCC4)B3c1sc3c(c1N2c1ccccc1)CCCC3. The first kappa shape index (κ1) is 28.2. The van der Waals surface area contributed by atoms with E-state index in [4.69, 9.17) is 0 Å². The van der Waals surface area contributed by atoms with Gasteiger partial charge in [-0.15, -0.1) is 0 Å². The average molecular weight is 647 g/mol. The fourth-order valence-electron chi connectivity index (χ4n) is 8.87. The molecule has 0 saturated carbocycles. The highest BCUT2D eigenvalue weighted by Gasteiger charge is 2.49. The van der Waals surface area contributed by atoms with Crippen LogP contribution in [-0.2, 0) is 31.1 Å². The van der Waals surface area contributed by atoms with Crippen molar-refractivity contribution in [2.24, 2.45) is 0 Å². The molecule has 0 saturated heterocycles. The largest absolute Gasteiger partial charge is 0.310 e. The molecule has 4 aliphatic rings. The summed E-state index contributed by atoms with van der Waals surface area (Å²) < 4.78 is 3.16. The van der Waals surface area contributed by atoms with Gasteiger partial charge in [0.05, 0.1) is 17.1 Å². The van der Waals surface area contributed by atoms with Crippen molar-refractivity contribution in [1.29, 1.82) is 0 Å². The van der Waals surface area contributed by atoms with Gasteiger partial charge in [0.2, 0.25) is 0 Å². The lowest BCUT2D eigenvalue weighted by Gasteiger charge is -2.44. The molecular formula is C42H39BN2S2. The Morgan fingerprint density at radius 2 is 1.17 bits per heavy atom. The highest BCUT2D eigenvalue weighted by Crippen LogP contribution is 2.52. The van der Waals surface area contributed by atoms with Crippen LogP contribution in [0.3, 0.4) is 0 Å². The highest BCUT2D eigenvalue weighted by atomic mass is 32.1. The number of nitrogens with zero attached hydrogens (tertiary/aromatic N) is 2. The third kappa shape index (κ3) is 4.09. The zero-order valence-electron chi connectivity index (χ0n) is 27.5. The summed E-state index contributed by atoms with van der Waals surface area (Å²) in [7, 11) is 0. The summed E-state index contributed by atoms with van der Waals surface area (Å²) in [6.07, 6.45) is 9.98. The van der Waals surface area contributed by atoms with Crippen molar-refractivity contribution in [1.82, 2.24) is 0 Å². The van der Waals surface area contributed by atoms with Gasteiger partial charge in [-0.25, -0.2) is 0 Å². The van der Waals surface area contributed by atoms with Gasteiger partial charge in [-0.3, -0.25) is 0 Å². The van der Waals surface area contributed by atoms with Crippen molar-refractivity contribution in [2.45, 2.75) is 77.6 Å². The van der Waals surface area contributed by atoms with Gasteiger partial charge in [-0.2, -0.15) is 22.7 Å². The van der Waals surface area contributed by atoms with E-state index in [9.17, 15) is 0 Å². The summed E-state index contributed by atoms with van der Waals surface area (Å²) in [6.45, 7) is 7.43. The fraction of sp³-hybridized carbons (Fsp3) is 0.286. The lowest BCUT2D eigenvalue weighted by Crippen LogP contribution is -2.59. The Labute approximate surface area is 286 Å². The minimum Gasteiger partial charge on any atom is -0.310 e. The normalized spacial score (nSPS) is 16.4. The number of rotatable bonds is 2. The molecule has 2 aliphatic carbocycles. The van der Waals surface area contributed by atoms with E-state index in [1.54, 1.807) is 30.4 Å². The number of benzene rings is 4. The van der Waals surface area contributed by atoms with Crippen molar-refractivity contribution in [2.75, 3.05) is 9.80 Å². The first-order chi connectivity index (χ1) is 23.0. The van der Waals surface area contributed by atoms with Gasteiger partial charge in [0.1, 0.15) is 0 Å². The molecule has 47 heavy (non-hydrogen) atoms. The molecule has 0 amide bonds. The molecule has 4 heterocycles. The molecule has 232 valence electrons. The molecule has 0 N–H and O–H groups in total. The van der Waals surface area contributed by atoms with E-state index >= 15 is 0 Å². The van der Waals surface area contributed by atoms with Gasteiger partial charge in [0.15, 0.2) is 0 Å². The van der Waals surface area contributed by atoms with Gasteiger partial charge in [0, 0.05) is 41.8 Å². The summed E-state index contributed by atoms with van der Waals surface area (Å²) in [4.78, 5) is 8.67. The maximum atomic E-state index is 2.73. The van der Waals surface area contributed by atoms with Crippen LogP contribution in [0.1, 0.15) is 72.9 Å². The van der Waals surface area contributed by atoms with Gasteiger partial charge in [0.25, 0.3) is 6.71 Å². The fourth-order valence-corrected chi connectivity index (χ4v) is 11.9. The molecule has 0 bridgehead atoms. The van der Waals surface area contributed by atoms with Crippen molar-refractivity contribution < 1.29 is 0 Å². The standard InChI is InChI=1S/C42H39BN2S2/c1-42(2,3)27-24-33-37-34(25-27)45(32-21-13-15-26-14-7-8-18-29(26)32)39-31-20-10-12-23-36(31)47-41(39)43(37)40-38(30-19-9-11-22-35(30)46-40)44(33)28-16-5-4-6-17-28/h4-8,13-18,21,24-25H,9-12,19-20,22-23H2,1-3H3. The number of anilines is 6. The van der Waals surface area contributed by atoms with Crippen molar-refractivity contribution in [3.63, 3.8) is 0 Å². The Morgan fingerprint density at radius 1 is 0.596 bits per heavy atom. The van der Waals surface area contributed by atoms with Crippen molar-refractivity contribution in [3.05, 3.63) is 111 Å². The molecule has 10 rings (SSSR count). The molecular weight excluding hydrogens is 607 g/mol. The summed E-state index contributed by atoms with van der Waals surface area (Å²) >= 11 is 4.28. The first-order valence-electron chi connectivity index (χ1n) is 17.6. The van der Waals surface area contributed by atoms with Gasteiger partial charge < -0.3 is 9.80 Å². The second-order valence-electron chi connectivity index (χ2n) is 15.0. The van der Waals surface area contributed by atoms with Crippen LogP contribution >= 0.6 is 22.7 Å². The Bertz CT molecular complexity index is 2210. The summed E-state index contributed by atoms with van der Waals surface area (Å²) in [5.74, 6) is 0. The number of thiophene rings is 2. The summed E-state index contributed by atoms with van der Waals surface area (Å²) in [5, 5.41) is 2.63. The van der Waals surface area contributed by atoms with Gasteiger partial charge in [-0.05, 0) is 115 Å². The number of aryl methyl sites for hydroxylation is 2. The number of hydrogen-bond acceptors (Lipinski definition) is 4. The van der Waals surface area contributed by atoms with E-state index in [0.717, 1.165) is 0 Å². The van der Waals surface area contributed by atoms with E-state index in [1.165, 1.54) is 107 Å². The van der Waals surface area contributed by atoms with Gasteiger partial charge >= 0.3 is 0 Å². The predicted molar refractivity (Wildman–Crippen MR) is 206 cm³/mol. The second kappa shape index (κ2) is 10.4. The lowest BCUT2D eigenvalue weighted by molar-refractivity contribution is 0.590. The third-order valence-electron chi connectivity index (χ3n) is 11.1. The summed E-state index contributed by atoms with van der Waals surface area (Å²) in [5.41, 5.74) is 14.5. The molecule has 4 aromatic carbocycles. The summed E-state index contributed by atoms with van der Waals surface area (Å²) in [6, 6.07) is 32.3. The maximum Gasteiger partial charge on any atom is 0.277 e. The third-order valence-corrected chi connectivity index (χ3v) is 13.8. The van der Waals surface area contributed by atoms with Crippen LogP contribution < -0.4 is 24.8 Å². The van der Waals surface area contributed by atoms with Crippen LogP contribution in [0.25, 0.3) is 10.8 Å². The van der Waals surface area contributed by atoms with Crippen LogP contribution in [0.15, 0.2) is 84.9 Å². The zero-order chi connectivity index (χ0) is 31.4. The number of hydrogen-bond donors (Lipinski definition) is 0. The number of fused-ring (bicyclic) bond motifs is 9. The van der Waals surface area contributed by atoms with Crippen molar-refractivity contribution in [3.8, 4) is 0 Å². The van der Waals surface area contributed by atoms with Crippen LogP contribution in [0.2, 0.25) is 0 Å². The molecule has 2 nitrogen and oxygen atoms in total. The van der Waals surface area contributed by atoms with Crippen LogP contribution in [0.4, 0.5) is 34.1 Å². The minimum atomic E-state index is -0.00346. The van der Waals surface area contributed by atoms with Crippen LogP contribution in [-0.4, -0.2) is 6.71 Å². The predicted octanol–water partition coefficient (Wildman–Crippen LogP) is 10.1. The quantitative estimate of drug-likeness (QED) is 0.173. The van der Waals surface area contributed by atoms with E-state index in [2.05, 4.69) is 138 Å². The second-order valence-corrected chi connectivity index (χ2v) is 17.2. The molecule has 2 aliphatic heterocycles. The molecule has 0 atom stereocenters. The zero-order valence-corrected chi connectivity index (χ0v) is 29.2. The molecule has 2 aromatic heterocycles. The molecule has 0 spiro atoms. The molecule has 6 aromatic rings. The van der Waals surface area contributed by atoms with E-state index in [1.807, 2.05) is 0 Å². The maximum absolute atomic E-state index is 2.73. The lowest BCUT2D eigenvalue weighted by atomic mass is 9.39. The molecule has 0 fully saturated rings. The monoisotopic (exact) mass is 646 g/mol. The minimum absolute atomic E-state index is 0.00346. The Morgan fingerprint density at radius 3 is 1.85 bits per heavy atom. The van der Waals surface area contributed by atoms with Crippen molar-refractivity contribution >= 4 is 89.3 Å². The highest BCUT2D eigenvalue weighted by molar-refractivity contribution is 7.36. The first-order valence-corrected chi connectivity index (χ1v) is 19.2. The van der Waals surface area contributed by atoms with E-state index < -0.39 is 0 Å². The topological polar surface area (TPSA) is 6.48 Å².